The van der Waals surface area contributed by atoms with Gasteiger partial charge in [0, 0.05) is 16.9 Å². The number of esters is 1. The summed E-state index contributed by atoms with van der Waals surface area (Å²) in [7, 11) is 0. The molecule has 3 aromatic carbocycles. The number of Topliss-reactive ketones (excluding diaryl/α,β-unsaturated/α-hetero) is 1. The molecule has 0 saturated heterocycles. The highest BCUT2D eigenvalue weighted by molar-refractivity contribution is 6.06. The van der Waals surface area contributed by atoms with Gasteiger partial charge in [-0.15, -0.1) is 0 Å². The third kappa shape index (κ3) is 6.03. The van der Waals surface area contributed by atoms with Gasteiger partial charge in [-0.2, -0.15) is 13.2 Å². The zero-order valence-corrected chi connectivity index (χ0v) is 20.4. The molecule has 0 heterocycles. The third-order valence-electron chi connectivity index (χ3n) is 6.25. The highest BCUT2D eigenvalue weighted by Crippen LogP contribution is 2.34. The number of benzene rings is 3. The predicted octanol–water partition coefficient (Wildman–Crippen LogP) is 5.83. The van der Waals surface area contributed by atoms with E-state index in [0.717, 1.165) is 28.8 Å². The molecule has 0 aliphatic heterocycles. The van der Waals surface area contributed by atoms with Crippen molar-refractivity contribution >= 4 is 29.2 Å². The first kappa shape index (κ1) is 26.9. The summed E-state index contributed by atoms with van der Waals surface area (Å²) in [5.74, 6) is -1.13. The van der Waals surface area contributed by atoms with E-state index in [4.69, 9.17) is 4.74 Å². The van der Waals surface area contributed by atoms with Gasteiger partial charge in [0.05, 0.1) is 18.6 Å². The van der Waals surface area contributed by atoms with Crippen molar-refractivity contribution in [3.63, 3.8) is 0 Å². The van der Waals surface area contributed by atoms with Crippen LogP contribution in [0.3, 0.4) is 0 Å². The topological polar surface area (TPSA) is 105 Å². The lowest BCUT2D eigenvalue weighted by Crippen LogP contribution is -2.44. The van der Waals surface area contributed by atoms with Gasteiger partial charge in [0.1, 0.15) is 5.60 Å². The van der Waals surface area contributed by atoms with Crippen LogP contribution in [-0.4, -0.2) is 35.1 Å². The lowest BCUT2D eigenvalue weighted by Gasteiger charge is -2.31. The number of urea groups is 1. The molecule has 0 saturated carbocycles. The van der Waals surface area contributed by atoms with Crippen molar-refractivity contribution in [2.75, 3.05) is 17.2 Å². The minimum atomic E-state index is -4.52. The van der Waals surface area contributed by atoms with Crippen molar-refractivity contribution in [2.24, 2.45) is 0 Å². The summed E-state index contributed by atoms with van der Waals surface area (Å²) in [6.45, 7) is 1.82. The van der Waals surface area contributed by atoms with Gasteiger partial charge in [-0.05, 0) is 66.8 Å². The molecular weight excluding hydrogens is 501 g/mol. The molecule has 0 aromatic heterocycles. The molecule has 4 rings (SSSR count). The molecule has 0 bridgehead atoms. The fraction of sp³-hybridized carbons (Fsp3) is 0.250. The Bertz CT molecular complexity index is 1370. The van der Waals surface area contributed by atoms with E-state index in [1.54, 1.807) is 43.3 Å². The van der Waals surface area contributed by atoms with Crippen LogP contribution in [0.4, 0.5) is 29.3 Å². The highest BCUT2D eigenvalue weighted by atomic mass is 19.4. The van der Waals surface area contributed by atoms with E-state index in [1.807, 2.05) is 6.07 Å². The number of nitrogens with one attached hydrogen (secondary N) is 2. The number of carbonyl (C=O) groups excluding carboxylic acids is 3. The molecule has 1 aliphatic rings. The second-order valence-corrected chi connectivity index (χ2v) is 8.95. The molecule has 7 nitrogen and oxygen atoms in total. The Hall–Kier alpha value is -4.18. The van der Waals surface area contributed by atoms with Gasteiger partial charge >= 0.3 is 18.2 Å². The summed E-state index contributed by atoms with van der Waals surface area (Å²) in [4.78, 5) is 37.0. The third-order valence-corrected chi connectivity index (χ3v) is 6.25. The normalized spacial score (nSPS) is 16.9. The number of anilines is 2. The molecule has 1 unspecified atom stereocenters. The molecule has 3 aromatic rings. The van der Waals surface area contributed by atoms with Crippen LogP contribution in [0.5, 0.6) is 0 Å². The molecule has 38 heavy (non-hydrogen) atoms. The van der Waals surface area contributed by atoms with Gasteiger partial charge in [0.25, 0.3) is 0 Å². The maximum Gasteiger partial charge on any atom is 0.416 e. The van der Waals surface area contributed by atoms with Gasteiger partial charge in [0.2, 0.25) is 0 Å². The SMILES string of the molecule is CCOC(=O)CC1(O)CCc2cc(-c3ccc(NC(=O)Nc4cccc(C(F)(F)F)c4)cc3)ccc2C1=O. The number of hydrogen-bond donors (Lipinski definition) is 3. The van der Waals surface area contributed by atoms with Gasteiger partial charge < -0.3 is 20.5 Å². The average molecular weight is 527 g/mol. The highest BCUT2D eigenvalue weighted by Gasteiger charge is 2.43. The van der Waals surface area contributed by atoms with Crippen molar-refractivity contribution in [1.82, 2.24) is 0 Å². The van der Waals surface area contributed by atoms with Crippen LogP contribution >= 0.6 is 0 Å². The molecule has 1 aliphatic carbocycles. The Morgan fingerprint density at radius 3 is 2.34 bits per heavy atom. The van der Waals surface area contributed by atoms with Gasteiger partial charge in [-0.3, -0.25) is 9.59 Å². The number of aryl methyl sites for hydroxylation is 1. The fourth-order valence-corrected chi connectivity index (χ4v) is 4.34. The Morgan fingerprint density at radius 1 is 0.974 bits per heavy atom. The summed E-state index contributed by atoms with van der Waals surface area (Å²) in [5.41, 5.74) is 0.504. The van der Waals surface area contributed by atoms with E-state index in [-0.39, 0.29) is 18.7 Å². The maximum absolute atomic E-state index is 12.9. The van der Waals surface area contributed by atoms with Crippen molar-refractivity contribution in [3.8, 4) is 11.1 Å². The maximum atomic E-state index is 12.9. The number of carbonyl (C=O) groups is 3. The van der Waals surface area contributed by atoms with E-state index in [0.29, 0.717) is 17.7 Å². The lowest BCUT2D eigenvalue weighted by atomic mass is 9.77. The molecule has 0 fully saturated rings. The van der Waals surface area contributed by atoms with Crippen molar-refractivity contribution < 1.29 is 37.4 Å². The molecule has 1 atom stereocenters. The van der Waals surface area contributed by atoms with E-state index in [2.05, 4.69) is 10.6 Å². The second kappa shape index (κ2) is 10.7. The Labute approximate surface area is 216 Å². The van der Waals surface area contributed by atoms with E-state index < -0.39 is 41.5 Å². The molecule has 3 N–H and O–H groups in total. The first-order valence-electron chi connectivity index (χ1n) is 11.9. The number of ether oxygens (including phenoxy) is 1. The molecule has 0 radical (unpaired) electrons. The number of ketones is 1. The second-order valence-electron chi connectivity index (χ2n) is 8.95. The zero-order chi connectivity index (χ0) is 27.5. The monoisotopic (exact) mass is 526 g/mol. The standard InChI is InChI=1S/C28H25F3N2O5/c1-2-38-24(34)16-27(37)13-12-19-14-18(8-11-23(19)25(27)35)17-6-9-21(10-7-17)32-26(36)33-22-5-3-4-20(15-22)28(29,30)31/h3-11,14-15,37H,2,12-13,16H2,1H3,(H2,32,33,36). The minimum absolute atomic E-state index is 0.00621. The molecule has 2 amide bonds. The van der Waals surface area contributed by atoms with Crippen LogP contribution in [0, 0.1) is 0 Å². The smallest absolute Gasteiger partial charge is 0.416 e. The van der Waals surface area contributed by atoms with Crippen LogP contribution < -0.4 is 10.6 Å². The average Bonchev–Trinajstić information content (AvgIpc) is 2.86. The number of aliphatic hydroxyl groups is 1. The van der Waals surface area contributed by atoms with Gasteiger partial charge in [-0.25, -0.2) is 4.79 Å². The number of alkyl halides is 3. The Morgan fingerprint density at radius 2 is 1.66 bits per heavy atom. The van der Waals surface area contributed by atoms with E-state index >= 15 is 0 Å². The Balaban J connectivity index is 1.42. The minimum Gasteiger partial charge on any atom is -0.466 e. The summed E-state index contributed by atoms with van der Waals surface area (Å²) < 4.78 is 43.5. The predicted molar refractivity (Wildman–Crippen MR) is 135 cm³/mol. The zero-order valence-electron chi connectivity index (χ0n) is 20.4. The molecule has 198 valence electrons. The van der Waals surface area contributed by atoms with Crippen LogP contribution in [0.15, 0.2) is 66.7 Å². The molecule has 0 spiro atoms. The van der Waals surface area contributed by atoms with E-state index in [9.17, 15) is 32.7 Å². The lowest BCUT2D eigenvalue weighted by molar-refractivity contribution is -0.147. The summed E-state index contributed by atoms with van der Waals surface area (Å²) in [6.07, 6.45) is -4.40. The van der Waals surface area contributed by atoms with Crippen LogP contribution in [0.1, 0.15) is 41.3 Å². The number of fused-ring (bicyclic) bond motifs is 1. The number of rotatable bonds is 6. The summed E-state index contributed by atoms with van der Waals surface area (Å²) in [6, 6.07) is 15.6. The summed E-state index contributed by atoms with van der Waals surface area (Å²) >= 11 is 0. The van der Waals surface area contributed by atoms with Gasteiger partial charge in [-0.1, -0.05) is 36.4 Å². The quantitative estimate of drug-likeness (QED) is 0.351. The van der Waals surface area contributed by atoms with E-state index in [1.165, 1.54) is 12.1 Å². The van der Waals surface area contributed by atoms with Crippen molar-refractivity contribution in [2.45, 2.75) is 38.0 Å². The molecular formula is C28H25F3N2O5. The van der Waals surface area contributed by atoms with Crippen LogP contribution in [0.2, 0.25) is 0 Å². The van der Waals surface area contributed by atoms with Crippen LogP contribution in [0.25, 0.3) is 11.1 Å². The summed E-state index contributed by atoms with van der Waals surface area (Å²) in [5, 5.41) is 15.7. The van der Waals surface area contributed by atoms with Crippen LogP contribution in [-0.2, 0) is 22.1 Å². The largest absolute Gasteiger partial charge is 0.466 e. The van der Waals surface area contributed by atoms with Gasteiger partial charge in [0.15, 0.2) is 5.78 Å². The van der Waals surface area contributed by atoms with Crippen molar-refractivity contribution in [3.05, 3.63) is 83.4 Å². The fourth-order valence-electron chi connectivity index (χ4n) is 4.34. The number of halogens is 3. The number of hydrogen-bond acceptors (Lipinski definition) is 5. The number of amides is 2. The first-order valence-corrected chi connectivity index (χ1v) is 11.9. The molecule has 10 heteroatoms. The van der Waals surface area contributed by atoms with Crippen molar-refractivity contribution in [1.29, 1.82) is 0 Å². The first-order chi connectivity index (χ1) is 18.0. The Kier molecular flexibility index (Phi) is 7.54.